The Kier molecular flexibility index (Phi) is 4.99. The first-order valence-electron chi connectivity index (χ1n) is 8.19. The second-order valence-corrected chi connectivity index (χ2v) is 7.32. The number of rotatable bonds is 6. The average molecular weight is 319 g/mol. The minimum atomic E-state index is 0.0230. The number of carbonyl (C=O) groups is 1. The van der Waals surface area contributed by atoms with Crippen molar-refractivity contribution in [1.82, 2.24) is 9.78 Å². The fraction of sp³-hybridized carbons (Fsp3) is 0.667. The minimum Gasteiger partial charge on any atom is -0.383 e. The topological polar surface area (TPSA) is 56.1 Å². The quantitative estimate of drug-likeness (QED) is 0.818. The molecule has 1 N–H and O–H groups in total. The van der Waals surface area contributed by atoms with E-state index in [0.29, 0.717) is 19.1 Å². The van der Waals surface area contributed by atoms with Crippen LogP contribution in [-0.4, -0.2) is 29.4 Å². The third-order valence-corrected chi connectivity index (χ3v) is 4.84. The summed E-state index contributed by atoms with van der Waals surface area (Å²) < 4.78 is 6.99. The molecule has 0 saturated heterocycles. The van der Waals surface area contributed by atoms with Gasteiger partial charge in [0, 0.05) is 7.11 Å². The van der Waals surface area contributed by atoms with E-state index in [1.54, 1.807) is 7.11 Å². The molecule has 1 heterocycles. The van der Waals surface area contributed by atoms with Gasteiger partial charge in [0.1, 0.15) is 0 Å². The van der Waals surface area contributed by atoms with Crippen molar-refractivity contribution in [3.05, 3.63) is 23.0 Å². The lowest BCUT2D eigenvalue weighted by atomic mass is 10.1. The number of nitrogens with one attached hydrogen (secondary N) is 1. The highest BCUT2D eigenvalue weighted by Gasteiger charge is 2.60. The highest BCUT2D eigenvalue weighted by atomic mass is 16.5. The lowest BCUT2D eigenvalue weighted by Crippen LogP contribution is -2.18. The number of hydrogen-bond acceptors (Lipinski definition) is 3. The summed E-state index contributed by atoms with van der Waals surface area (Å²) in [5.74, 6) is 0.435. The van der Waals surface area contributed by atoms with E-state index in [9.17, 15) is 4.79 Å². The van der Waals surface area contributed by atoms with Gasteiger partial charge < -0.3 is 10.1 Å². The van der Waals surface area contributed by atoms with E-state index in [2.05, 4.69) is 44.2 Å². The van der Waals surface area contributed by atoms with Crippen LogP contribution < -0.4 is 5.32 Å². The van der Waals surface area contributed by atoms with Gasteiger partial charge in [0.2, 0.25) is 5.91 Å². The Hall–Kier alpha value is -1.62. The first kappa shape index (κ1) is 17.7. The van der Waals surface area contributed by atoms with E-state index in [-0.39, 0.29) is 17.2 Å². The molecule has 0 aromatic carbocycles. The van der Waals surface area contributed by atoms with Crippen LogP contribution in [0.5, 0.6) is 0 Å². The van der Waals surface area contributed by atoms with E-state index >= 15 is 0 Å². The Morgan fingerprint density at radius 1 is 1.39 bits per heavy atom. The molecule has 1 aromatic rings. The predicted octanol–water partition coefficient (Wildman–Crippen LogP) is 3.32. The molecule has 0 radical (unpaired) electrons. The van der Waals surface area contributed by atoms with Gasteiger partial charge in [0.05, 0.1) is 36.1 Å². The number of anilines is 1. The number of aromatic nitrogens is 2. The molecular weight excluding hydrogens is 290 g/mol. The Balaban J connectivity index is 2.13. The molecule has 1 aliphatic carbocycles. The zero-order valence-electron chi connectivity index (χ0n) is 15.4. The van der Waals surface area contributed by atoms with Gasteiger partial charge >= 0.3 is 0 Å². The third-order valence-electron chi connectivity index (χ3n) is 4.84. The monoisotopic (exact) mass is 319 g/mol. The summed E-state index contributed by atoms with van der Waals surface area (Å²) in [7, 11) is 1.67. The van der Waals surface area contributed by atoms with Crippen LogP contribution in [0.2, 0.25) is 0 Å². The highest BCUT2D eigenvalue weighted by molar-refractivity contribution is 5.96. The van der Waals surface area contributed by atoms with Gasteiger partial charge in [0.15, 0.2) is 0 Å². The van der Waals surface area contributed by atoms with Crippen molar-refractivity contribution in [1.29, 1.82) is 0 Å². The standard InChI is InChI=1S/C18H29N3O2/c1-11(2)10-14-15(18(14,5)6)17(22)19-16-12(3)20-21(13(16)4)8-9-23-7/h10,14-15H,8-9H2,1-7H3,(H,19,22)/t14-,15+/m0/s1. The fourth-order valence-corrected chi connectivity index (χ4v) is 3.32. The van der Waals surface area contributed by atoms with Gasteiger partial charge in [0.25, 0.3) is 0 Å². The molecule has 2 atom stereocenters. The number of carbonyl (C=O) groups excluding carboxylic acids is 1. The third kappa shape index (κ3) is 3.50. The fourth-order valence-electron chi connectivity index (χ4n) is 3.32. The molecule has 1 aliphatic rings. The van der Waals surface area contributed by atoms with Crippen LogP contribution in [0.4, 0.5) is 5.69 Å². The molecule has 0 aliphatic heterocycles. The molecule has 1 saturated carbocycles. The average Bonchev–Trinajstić information content (AvgIpc) is 2.87. The zero-order chi connectivity index (χ0) is 17.4. The largest absolute Gasteiger partial charge is 0.383 e. The van der Waals surface area contributed by atoms with Gasteiger partial charge in [-0.05, 0) is 39.0 Å². The number of ether oxygens (including phenoxy) is 1. The van der Waals surface area contributed by atoms with Crippen molar-refractivity contribution in [3.8, 4) is 0 Å². The van der Waals surface area contributed by atoms with Crippen molar-refractivity contribution in [2.24, 2.45) is 17.3 Å². The van der Waals surface area contributed by atoms with Crippen LogP contribution in [0.15, 0.2) is 11.6 Å². The number of aryl methyl sites for hydroxylation is 1. The maximum atomic E-state index is 12.7. The molecule has 128 valence electrons. The minimum absolute atomic E-state index is 0.0230. The zero-order valence-corrected chi connectivity index (χ0v) is 15.4. The molecule has 5 heteroatoms. The molecule has 0 spiro atoms. The van der Waals surface area contributed by atoms with Crippen LogP contribution >= 0.6 is 0 Å². The van der Waals surface area contributed by atoms with Crippen molar-refractivity contribution in [3.63, 3.8) is 0 Å². The summed E-state index contributed by atoms with van der Waals surface area (Å²) in [5, 5.41) is 7.60. The summed E-state index contributed by atoms with van der Waals surface area (Å²) in [6.07, 6.45) is 2.21. The molecule has 1 aromatic heterocycles. The van der Waals surface area contributed by atoms with Crippen LogP contribution in [0, 0.1) is 31.1 Å². The van der Waals surface area contributed by atoms with E-state index in [0.717, 1.165) is 17.1 Å². The van der Waals surface area contributed by atoms with Gasteiger partial charge in [-0.3, -0.25) is 9.48 Å². The van der Waals surface area contributed by atoms with Gasteiger partial charge in [-0.15, -0.1) is 0 Å². The molecule has 0 unspecified atom stereocenters. The van der Waals surface area contributed by atoms with Crippen LogP contribution in [-0.2, 0) is 16.1 Å². The SMILES string of the molecule is COCCn1nc(C)c(NC(=O)[C@H]2[C@H](C=C(C)C)C2(C)C)c1C. The van der Waals surface area contributed by atoms with E-state index in [1.807, 2.05) is 18.5 Å². The first-order valence-corrected chi connectivity index (χ1v) is 8.19. The Morgan fingerprint density at radius 2 is 2.04 bits per heavy atom. The maximum Gasteiger partial charge on any atom is 0.228 e. The van der Waals surface area contributed by atoms with Gasteiger partial charge in [-0.1, -0.05) is 25.5 Å². The number of hydrogen-bond donors (Lipinski definition) is 1. The molecule has 1 fully saturated rings. The first-order chi connectivity index (χ1) is 10.7. The normalized spacial score (nSPS) is 21.9. The summed E-state index contributed by atoms with van der Waals surface area (Å²) in [5.41, 5.74) is 3.95. The van der Waals surface area contributed by atoms with E-state index in [4.69, 9.17) is 4.74 Å². The van der Waals surface area contributed by atoms with Crippen LogP contribution in [0.3, 0.4) is 0 Å². The van der Waals surface area contributed by atoms with E-state index < -0.39 is 0 Å². The Bertz CT molecular complexity index is 624. The predicted molar refractivity (Wildman–Crippen MR) is 92.4 cm³/mol. The summed E-state index contributed by atoms with van der Waals surface area (Å²) in [6, 6.07) is 0. The Labute approximate surface area is 139 Å². The number of allylic oxidation sites excluding steroid dienone is 2. The second kappa shape index (κ2) is 6.48. The molecule has 1 amide bonds. The van der Waals surface area contributed by atoms with E-state index in [1.165, 1.54) is 5.57 Å². The van der Waals surface area contributed by atoms with Crippen LogP contribution in [0.25, 0.3) is 0 Å². The van der Waals surface area contributed by atoms with Crippen molar-refractivity contribution < 1.29 is 9.53 Å². The summed E-state index contributed by atoms with van der Waals surface area (Å²) in [6.45, 7) is 13.7. The summed E-state index contributed by atoms with van der Waals surface area (Å²) in [4.78, 5) is 12.7. The molecular formula is C18H29N3O2. The van der Waals surface area contributed by atoms with Crippen molar-refractivity contribution in [2.45, 2.75) is 48.1 Å². The van der Waals surface area contributed by atoms with Crippen molar-refractivity contribution in [2.75, 3.05) is 19.0 Å². The maximum absolute atomic E-state index is 12.7. The second-order valence-electron chi connectivity index (χ2n) is 7.32. The molecule has 2 rings (SSSR count). The lowest BCUT2D eigenvalue weighted by Gasteiger charge is -2.07. The van der Waals surface area contributed by atoms with Crippen molar-refractivity contribution >= 4 is 11.6 Å². The number of methoxy groups -OCH3 is 1. The molecule has 23 heavy (non-hydrogen) atoms. The molecule has 5 nitrogen and oxygen atoms in total. The van der Waals surface area contributed by atoms with Crippen LogP contribution in [0.1, 0.15) is 39.1 Å². The number of nitrogens with zero attached hydrogens (tertiary/aromatic N) is 2. The smallest absolute Gasteiger partial charge is 0.228 e. The lowest BCUT2D eigenvalue weighted by molar-refractivity contribution is -0.118. The van der Waals surface area contributed by atoms with Gasteiger partial charge in [-0.25, -0.2) is 0 Å². The Morgan fingerprint density at radius 3 is 2.61 bits per heavy atom. The molecule has 0 bridgehead atoms. The summed E-state index contributed by atoms with van der Waals surface area (Å²) >= 11 is 0. The highest BCUT2D eigenvalue weighted by Crippen LogP contribution is 2.59. The van der Waals surface area contributed by atoms with Gasteiger partial charge in [-0.2, -0.15) is 5.10 Å². The number of amides is 1.